The molecule has 1 aliphatic heterocycles. The number of fused-ring (bicyclic) bond motifs is 1. The summed E-state index contributed by atoms with van der Waals surface area (Å²) < 4.78 is 15.6. The zero-order chi connectivity index (χ0) is 18.4. The van der Waals surface area contributed by atoms with Crippen molar-refractivity contribution in [2.24, 2.45) is 0 Å². The molecule has 26 heavy (non-hydrogen) atoms. The third-order valence-electron chi connectivity index (χ3n) is 3.66. The van der Waals surface area contributed by atoms with Crippen molar-refractivity contribution >= 4 is 17.5 Å². The lowest BCUT2D eigenvalue weighted by Crippen LogP contribution is -2.26. The van der Waals surface area contributed by atoms with E-state index in [0.29, 0.717) is 42.6 Å². The van der Waals surface area contributed by atoms with Crippen molar-refractivity contribution in [1.29, 1.82) is 0 Å². The van der Waals surface area contributed by atoms with E-state index in [0.717, 1.165) is 5.56 Å². The minimum Gasteiger partial charge on any atom is -0.482 e. The molecule has 136 valence electrons. The molecule has 1 aliphatic rings. The zero-order valence-corrected chi connectivity index (χ0v) is 14.3. The van der Waals surface area contributed by atoms with Crippen LogP contribution < -0.4 is 20.1 Å². The lowest BCUT2D eigenvalue weighted by molar-refractivity contribution is -0.118. The van der Waals surface area contributed by atoms with Gasteiger partial charge in [0.1, 0.15) is 12.4 Å². The van der Waals surface area contributed by atoms with Gasteiger partial charge in [-0.15, -0.1) is 0 Å². The lowest BCUT2D eigenvalue weighted by Gasteiger charge is -2.18. The van der Waals surface area contributed by atoms with Gasteiger partial charge in [-0.2, -0.15) is 0 Å². The summed E-state index contributed by atoms with van der Waals surface area (Å²) in [5.41, 5.74) is 1.86. The smallest absolute Gasteiger partial charge is 0.262 e. The third kappa shape index (κ3) is 4.48. The van der Waals surface area contributed by atoms with Gasteiger partial charge in [0.05, 0.1) is 12.3 Å². The molecular weight excluding hydrogens is 338 g/mol. The number of pyridine rings is 1. The second-order valence-electron chi connectivity index (χ2n) is 5.58. The molecule has 2 amide bonds. The summed E-state index contributed by atoms with van der Waals surface area (Å²) >= 11 is 0. The van der Waals surface area contributed by atoms with Crippen molar-refractivity contribution in [3.63, 3.8) is 0 Å². The molecule has 8 nitrogen and oxygen atoms in total. The summed E-state index contributed by atoms with van der Waals surface area (Å²) in [7, 11) is 1.60. The van der Waals surface area contributed by atoms with Crippen LogP contribution in [0.4, 0.5) is 5.69 Å². The largest absolute Gasteiger partial charge is 0.482 e. The Labute approximate surface area is 150 Å². The number of rotatable bonds is 7. The van der Waals surface area contributed by atoms with Crippen molar-refractivity contribution in [1.82, 2.24) is 10.3 Å². The Bertz CT molecular complexity index is 792. The van der Waals surface area contributed by atoms with Gasteiger partial charge in [0.2, 0.25) is 5.88 Å². The highest BCUT2D eigenvalue weighted by Gasteiger charge is 2.17. The summed E-state index contributed by atoms with van der Waals surface area (Å²) in [5.74, 6) is 0.535. The number of carbonyl (C=O) groups excluding carboxylic acids is 2. The maximum absolute atomic E-state index is 12.3. The number of methoxy groups -OCH3 is 1. The van der Waals surface area contributed by atoms with Crippen molar-refractivity contribution in [3.05, 3.63) is 47.7 Å². The Morgan fingerprint density at radius 3 is 2.96 bits per heavy atom. The van der Waals surface area contributed by atoms with E-state index < -0.39 is 0 Å². The van der Waals surface area contributed by atoms with E-state index in [9.17, 15) is 9.59 Å². The van der Waals surface area contributed by atoms with Gasteiger partial charge in [-0.05, 0) is 23.8 Å². The van der Waals surface area contributed by atoms with Gasteiger partial charge in [0.25, 0.3) is 11.8 Å². The van der Waals surface area contributed by atoms with Gasteiger partial charge in [0, 0.05) is 31.5 Å². The number of benzene rings is 1. The third-order valence-corrected chi connectivity index (χ3v) is 3.66. The van der Waals surface area contributed by atoms with Gasteiger partial charge in [-0.1, -0.05) is 6.07 Å². The molecule has 1 aromatic carbocycles. The Morgan fingerprint density at radius 1 is 1.31 bits per heavy atom. The van der Waals surface area contributed by atoms with Gasteiger partial charge >= 0.3 is 0 Å². The maximum atomic E-state index is 12.3. The molecule has 0 atom stereocenters. The summed E-state index contributed by atoms with van der Waals surface area (Å²) in [6, 6.07) is 8.46. The van der Waals surface area contributed by atoms with Crippen LogP contribution in [0.2, 0.25) is 0 Å². The molecular formula is C18H19N3O5. The Morgan fingerprint density at radius 2 is 2.19 bits per heavy atom. The molecule has 0 unspecified atom stereocenters. The number of aromatic nitrogens is 1. The van der Waals surface area contributed by atoms with Crippen LogP contribution in [0, 0.1) is 0 Å². The van der Waals surface area contributed by atoms with E-state index in [-0.39, 0.29) is 18.4 Å². The first kappa shape index (κ1) is 17.7. The maximum Gasteiger partial charge on any atom is 0.262 e. The molecule has 8 heteroatoms. The Hall–Kier alpha value is -3.13. The van der Waals surface area contributed by atoms with Crippen LogP contribution in [0.15, 0.2) is 36.5 Å². The van der Waals surface area contributed by atoms with Crippen molar-refractivity contribution in [3.8, 4) is 11.6 Å². The molecule has 0 saturated carbocycles. The van der Waals surface area contributed by atoms with E-state index in [2.05, 4.69) is 15.6 Å². The van der Waals surface area contributed by atoms with E-state index in [1.807, 2.05) is 6.07 Å². The second-order valence-corrected chi connectivity index (χ2v) is 5.58. The first-order valence-corrected chi connectivity index (χ1v) is 8.07. The van der Waals surface area contributed by atoms with Crippen LogP contribution in [-0.2, 0) is 16.1 Å². The van der Waals surface area contributed by atoms with Crippen LogP contribution in [0.3, 0.4) is 0 Å². The SMILES string of the molecule is COCCOc1ccc(CNC(=O)c2ccc3c(c2)OCC(=O)N3)cn1. The van der Waals surface area contributed by atoms with Crippen LogP contribution in [-0.4, -0.2) is 43.7 Å². The summed E-state index contributed by atoms with van der Waals surface area (Å²) in [6.45, 7) is 1.20. The van der Waals surface area contributed by atoms with Crippen LogP contribution >= 0.6 is 0 Å². The fourth-order valence-corrected chi connectivity index (χ4v) is 2.33. The molecule has 0 saturated heterocycles. The molecule has 2 N–H and O–H groups in total. The number of anilines is 1. The van der Waals surface area contributed by atoms with E-state index in [1.54, 1.807) is 37.6 Å². The first-order chi connectivity index (χ1) is 12.7. The fraction of sp³-hybridized carbons (Fsp3) is 0.278. The monoisotopic (exact) mass is 357 g/mol. The molecule has 0 spiro atoms. The van der Waals surface area contributed by atoms with E-state index in [1.165, 1.54) is 0 Å². The number of hydrogen-bond acceptors (Lipinski definition) is 6. The number of nitrogens with one attached hydrogen (secondary N) is 2. The molecule has 1 aromatic heterocycles. The van der Waals surface area contributed by atoms with Gasteiger partial charge in [-0.3, -0.25) is 9.59 Å². The van der Waals surface area contributed by atoms with Crippen molar-refractivity contribution in [2.45, 2.75) is 6.54 Å². The summed E-state index contributed by atoms with van der Waals surface area (Å²) in [4.78, 5) is 27.7. The summed E-state index contributed by atoms with van der Waals surface area (Å²) in [5, 5.41) is 5.50. The second kappa shape index (κ2) is 8.30. The van der Waals surface area contributed by atoms with Crippen molar-refractivity contribution < 1.29 is 23.8 Å². The van der Waals surface area contributed by atoms with Gasteiger partial charge < -0.3 is 24.8 Å². The highest BCUT2D eigenvalue weighted by Crippen LogP contribution is 2.28. The zero-order valence-electron chi connectivity index (χ0n) is 14.3. The number of carbonyl (C=O) groups is 2. The quantitative estimate of drug-likeness (QED) is 0.726. The predicted octanol–water partition coefficient (Wildman–Crippen LogP) is 1.37. The molecule has 0 bridgehead atoms. The average molecular weight is 357 g/mol. The normalized spacial score (nSPS) is 12.6. The number of ether oxygens (including phenoxy) is 3. The lowest BCUT2D eigenvalue weighted by atomic mass is 10.1. The Balaban J connectivity index is 1.54. The summed E-state index contributed by atoms with van der Waals surface area (Å²) in [6.07, 6.45) is 1.65. The van der Waals surface area contributed by atoms with Crippen molar-refractivity contribution in [2.75, 3.05) is 32.2 Å². The predicted molar refractivity (Wildman–Crippen MR) is 93.3 cm³/mol. The standard InChI is InChI=1S/C18H19N3O5/c1-24-6-7-25-17-5-2-12(9-19-17)10-20-18(23)13-3-4-14-15(8-13)26-11-16(22)21-14/h2-5,8-9H,6-7,10-11H2,1H3,(H,20,23)(H,21,22). The highest BCUT2D eigenvalue weighted by atomic mass is 16.5. The van der Waals surface area contributed by atoms with Gasteiger partial charge in [0.15, 0.2) is 6.61 Å². The topological polar surface area (TPSA) is 98.8 Å². The number of amides is 2. The average Bonchev–Trinajstić information content (AvgIpc) is 2.67. The van der Waals surface area contributed by atoms with E-state index >= 15 is 0 Å². The molecule has 2 aromatic rings. The van der Waals surface area contributed by atoms with Crippen LogP contribution in [0.25, 0.3) is 0 Å². The fourth-order valence-electron chi connectivity index (χ4n) is 2.33. The first-order valence-electron chi connectivity index (χ1n) is 8.07. The molecule has 3 rings (SSSR count). The number of hydrogen-bond donors (Lipinski definition) is 2. The molecule has 0 radical (unpaired) electrons. The molecule has 0 aliphatic carbocycles. The highest BCUT2D eigenvalue weighted by molar-refractivity contribution is 5.98. The molecule has 2 heterocycles. The van der Waals surface area contributed by atoms with E-state index in [4.69, 9.17) is 14.2 Å². The minimum atomic E-state index is -0.242. The Kier molecular flexibility index (Phi) is 5.65. The number of nitrogens with zero attached hydrogens (tertiary/aromatic N) is 1. The molecule has 0 fully saturated rings. The minimum absolute atomic E-state index is 0.0530. The van der Waals surface area contributed by atoms with Crippen LogP contribution in [0.1, 0.15) is 15.9 Å². The van der Waals surface area contributed by atoms with Gasteiger partial charge in [-0.25, -0.2) is 4.98 Å². The van der Waals surface area contributed by atoms with Crippen LogP contribution in [0.5, 0.6) is 11.6 Å².